The number of amides is 1. The number of nitrogens with two attached hydrogens (primary N) is 1. The van der Waals surface area contributed by atoms with Crippen molar-refractivity contribution in [2.45, 2.75) is 32.7 Å². The van der Waals surface area contributed by atoms with Crippen molar-refractivity contribution in [3.63, 3.8) is 0 Å². The third-order valence-electron chi connectivity index (χ3n) is 4.92. The van der Waals surface area contributed by atoms with Gasteiger partial charge in [0.2, 0.25) is 0 Å². The van der Waals surface area contributed by atoms with Gasteiger partial charge in [-0.1, -0.05) is 19.1 Å². The lowest BCUT2D eigenvalue weighted by molar-refractivity contribution is 0.0905. The molecular weight excluding hydrogens is 374 g/mol. The minimum atomic E-state index is -0.551. The fourth-order valence-electron chi connectivity index (χ4n) is 3.67. The Morgan fingerprint density at radius 3 is 2.59 bits per heavy atom. The molecule has 3 N–H and O–H groups in total. The van der Waals surface area contributed by atoms with Gasteiger partial charge < -0.3 is 20.5 Å². The number of rotatable bonds is 8. The van der Waals surface area contributed by atoms with Crippen LogP contribution in [0.4, 0.5) is 5.69 Å². The van der Waals surface area contributed by atoms with E-state index in [0.717, 1.165) is 5.69 Å². The van der Waals surface area contributed by atoms with Gasteiger partial charge >= 0.3 is 0 Å². The Morgan fingerprint density at radius 2 is 1.97 bits per heavy atom. The predicted molar refractivity (Wildman–Crippen MR) is 107 cm³/mol. The molecule has 0 aliphatic heterocycles. The Balaban J connectivity index is 2.02. The number of carbonyl (C=O) groups excluding carboxylic acids is 2. The lowest BCUT2D eigenvalue weighted by Crippen LogP contribution is -2.31. The second kappa shape index (κ2) is 8.30. The van der Waals surface area contributed by atoms with Crippen molar-refractivity contribution < 1.29 is 19.1 Å². The molecule has 1 amide bonds. The second-order valence-corrected chi connectivity index (χ2v) is 8.08. The zero-order valence-corrected chi connectivity index (χ0v) is 17.2. The molecular formula is C20H27N5O4. The van der Waals surface area contributed by atoms with E-state index in [9.17, 15) is 9.59 Å². The fourth-order valence-corrected chi connectivity index (χ4v) is 3.67. The van der Waals surface area contributed by atoms with Crippen molar-refractivity contribution >= 4 is 17.4 Å². The van der Waals surface area contributed by atoms with Crippen LogP contribution in [0.1, 0.15) is 46.8 Å². The van der Waals surface area contributed by atoms with Gasteiger partial charge in [0.25, 0.3) is 5.91 Å². The van der Waals surface area contributed by atoms with Crippen LogP contribution in [0.25, 0.3) is 5.69 Å². The van der Waals surface area contributed by atoms with Crippen LogP contribution in [0, 0.1) is 5.41 Å². The molecule has 1 aromatic carbocycles. The molecule has 29 heavy (non-hydrogen) atoms. The molecule has 1 aliphatic carbocycles. The normalized spacial score (nSPS) is 15.4. The van der Waals surface area contributed by atoms with Crippen LogP contribution in [0.3, 0.4) is 0 Å². The van der Waals surface area contributed by atoms with Gasteiger partial charge in [0.1, 0.15) is 0 Å². The first-order valence-electron chi connectivity index (χ1n) is 9.42. The Labute approximate surface area is 169 Å². The summed E-state index contributed by atoms with van der Waals surface area (Å²) < 4.78 is 12.1. The van der Waals surface area contributed by atoms with Crippen molar-refractivity contribution in [2.24, 2.45) is 11.1 Å². The van der Waals surface area contributed by atoms with E-state index in [2.05, 4.69) is 29.5 Å². The zero-order valence-electron chi connectivity index (χ0n) is 17.2. The molecule has 0 saturated heterocycles. The van der Waals surface area contributed by atoms with E-state index < -0.39 is 5.91 Å². The van der Waals surface area contributed by atoms with E-state index >= 15 is 0 Å². The van der Waals surface area contributed by atoms with Gasteiger partial charge in [-0.05, 0) is 30.0 Å². The highest BCUT2D eigenvalue weighted by molar-refractivity contribution is 5.99. The number of Topliss-reactive ketones (excluding diaryl/α,β-unsaturated/α-hetero) is 1. The standard InChI is InChI=1S/C20H27N5O4/c1-20(2)8-16-18(17(26)9-20)23-24-25(16)13-5-6-14(19(21)27)15(7-13)22-12(10-28-3)11-29-4/h5-7,12,22H,8-11H2,1-4H3,(H2,21,27). The molecule has 1 aliphatic rings. The number of methoxy groups -OCH3 is 2. The number of hydrogen-bond donors (Lipinski definition) is 2. The Hall–Kier alpha value is -2.78. The predicted octanol–water partition coefficient (Wildman–Crippen LogP) is 1.59. The number of anilines is 1. The summed E-state index contributed by atoms with van der Waals surface area (Å²) in [7, 11) is 3.19. The van der Waals surface area contributed by atoms with E-state index in [1.807, 2.05) is 0 Å². The van der Waals surface area contributed by atoms with Gasteiger partial charge in [0.15, 0.2) is 11.5 Å². The lowest BCUT2D eigenvalue weighted by Gasteiger charge is -2.28. The van der Waals surface area contributed by atoms with Gasteiger partial charge in [-0.25, -0.2) is 4.68 Å². The first-order valence-corrected chi connectivity index (χ1v) is 9.42. The van der Waals surface area contributed by atoms with Crippen molar-refractivity contribution in [1.29, 1.82) is 0 Å². The Kier molecular flexibility index (Phi) is 5.99. The number of ketones is 1. The molecule has 0 saturated carbocycles. The number of hydrogen-bond acceptors (Lipinski definition) is 7. The van der Waals surface area contributed by atoms with Gasteiger partial charge in [0, 0.05) is 26.3 Å². The van der Waals surface area contributed by atoms with E-state index in [-0.39, 0.29) is 17.2 Å². The summed E-state index contributed by atoms with van der Waals surface area (Å²) >= 11 is 0. The van der Waals surface area contributed by atoms with Gasteiger partial charge in [-0.15, -0.1) is 5.10 Å². The number of ether oxygens (including phenoxy) is 2. The Bertz CT molecular complexity index is 916. The summed E-state index contributed by atoms with van der Waals surface area (Å²) in [4.78, 5) is 24.3. The molecule has 0 unspecified atom stereocenters. The lowest BCUT2D eigenvalue weighted by atomic mass is 9.77. The zero-order chi connectivity index (χ0) is 21.2. The molecule has 0 atom stereocenters. The summed E-state index contributed by atoms with van der Waals surface area (Å²) in [5.74, 6) is -0.556. The van der Waals surface area contributed by atoms with Crippen molar-refractivity contribution in [2.75, 3.05) is 32.8 Å². The maximum Gasteiger partial charge on any atom is 0.250 e. The number of carbonyl (C=O) groups is 2. The van der Waals surface area contributed by atoms with E-state index in [1.54, 1.807) is 37.1 Å². The van der Waals surface area contributed by atoms with Crippen LogP contribution in [0.5, 0.6) is 0 Å². The third kappa shape index (κ3) is 4.46. The van der Waals surface area contributed by atoms with Crippen LogP contribution in [-0.4, -0.2) is 60.2 Å². The van der Waals surface area contributed by atoms with Crippen LogP contribution in [0.15, 0.2) is 18.2 Å². The quantitative estimate of drug-likeness (QED) is 0.689. The molecule has 9 heteroatoms. The van der Waals surface area contributed by atoms with Crippen LogP contribution < -0.4 is 11.1 Å². The maximum absolute atomic E-state index is 12.4. The molecule has 1 heterocycles. The molecule has 9 nitrogen and oxygen atoms in total. The number of primary amides is 1. The largest absolute Gasteiger partial charge is 0.382 e. The summed E-state index contributed by atoms with van der Waals surface area (Å²) in [5, 5.41) is 11.6. The number of aromatic nitrogens is 3. The molecule has 0 spiro atoms. The van der Waals surface area contributed by atoms with Gasteiger partial charge in [-0.2, -0.15) is 0 Å². The smallest absolute Gasteiger partial charge is 0.250 e. The summed E-state index contributed by atoms with van der Waals surface area (Å²) in [6.45, 7) is 4.87. The van der Waals surface area contributed by atoms with Crippen molar-refractivity contribution in [3.05, 3.63) is 35.2 Å². The number of nitrogens with zero attached hydrogens (tertiary/aromatic N) is 3. The van der Waals surface area contributed by atoms with Gasteiger partial charge in [-0.3, -0.25) is 9.59 Å². The molecule has 1 aromatic heterocycles. The highest BCUT2D eigenvalue weighted by Gasteiger charge is 2.35. The molecule has 0 radical (unpaired) electrons. The first-order chi connectivity index (χ1) is 13.8. The minimum Gasteiger partial charge on any atom is -0.382 e. The van der Waals surface area contributed by atoms with Gasteiger partial charge in [0.05, 0.1) is 36.2 Å². The molecule has 0 fully saturated rings. The summed E-state index contributed by atoms with van der Waals surface area (Å²) in [6.07, 6.45) is 1.12. The molecule has 0 bridgehead atoms. The average molecular weight is 401 g/mol. The van der Waals surface area contributed by atoms with E-state index in [4.69, 9.17) is 15.2 Å². The Morgan fingerprint density at radius 1 is 1.28 bits per heavy atom. The fraction of sp³-hybridized carbons (Fsp3) is 0.500. The van der Waals surface area contributed by atoms with E-state index in [0.29, 0.717) is 48.7 Å². The van der Waals surface area contributed by atoms with Crippen LogP contribution in [-0.2, 0) is 15.9 Å². The SMILES string of the molecule is COCC(COC)Nc1cc(-n2nnc3c2CC(C)(C)CC3=O)ccc1C(N)=O. The second-order valence-electron chi connectivity index (χ2n) is 8.08. The monoisotopic (exact) mass is 401 g/mol. The summed E-state index contributed by atoms with van der Waals surface area (Å²) in [5.41, 5.74) is 8.14. The summed E-state index contributed by atoms with van der Waals surface area (Å²) in [6, 6.07) is 4.98. The first kappa shape index (κ1) is 20.9. The molecule has 3 rings (SSSR count). The van der Waals surface area contributed by atoms with Crippen LogP contribution in [0.2, 0.25) is 0 Å². The molecule has 2 aromatic rings. The van der Waals surface area contributed by atoms with Crippen molar-refractivity contribution in [1.82, 2.24) is 15.0 Å². The number of nitrogens with one attached hydrogen (secondary N) is 1. The topological polar surface area (TPSA) is 121 Å². The van der Waals surface area contributed by atoms with E-state index in [1.165, 1.54) is 0 Å². The average Bonchev–Trinajstić information content (AvgIpc) is 3.04. The number of fused-ring (bicyclic) bond motifs is 1. The van der Waals surface area contributed by atoms with Crippen molar-refractivity contribution in [3.8, 4) is 5.69 Å². The maximum atomic E-state index is 12.4. The third-order valence-corrected chi connectivity index (χ3v) is 4.92. The highest BCUT2D eigenvalue weighted by atomic mass is 16.5. The highest BCUT2D eigenvalue weighted by Crippen LogP contribution is 2.35. The molecule has 156 valence electrons. The van der Waals surface area contributed by atoms with Crippen LogP contribution >= 0.6 is 0 Å². The number of benzene rings is 1. The minimum absolute atomic E-state index is 0.00476.